The molecule has 2 aromatic heterocycles. The van der Waals surface area contributed by atoms with Crippen molar-refractivity contribution in [3.8, 4) is 16.8 Å². The Kier molecular flexibility index (Phi) is 5.03. The van der Waals surface area contributed by atoms with Crippen LogP contribution in [0.5, 0.6) is 0 Å². The number of rotatable bonds is 2. The highest BCUT2D eigenvalue weighted by Crippen LogP contribution is 2.30. The number of aromatic nitrogens is 1. The van der Waals surface area contributed by atoms with Gasteiger partial charge in [-0.1, -0.05) is 12.1 Å². The van der Waals surface area contributed by atoms with Crippen LogP contribution in [0.4, 0.5) is 4.39 Å². The summed E-state index contributed by atoms with van der Waals surface area (Å²) in [6.45, 7) is 3.55. The predicted molar refractivity (Wildman–Crippen MR) is 115 cm³/mol. The van der Waals surface area contributed by atoms with Gasteiger partial charge in [-0.3, -0.25) is 9.36 Å². The quantitative estimate of drug-likeness (QED) is 0.518. The number of hydrogen-bond acceptors (Lipinski definition) is 3. The maximum absolute atomic E-state index is 14.3. The maximum atomic E-state index is 14.3. The van der Waals surface area contributed by atoms with E-state index in [-0.39, 0.29) is 23.8 Å². The van der Waals surface area contributed by atoms with Gasteiger partial charge in [0.15, 0.2) is 0 Å². The molecule has 0 fully saturated rings. The first-order valence-corrected chi connectivity index (χ1v) is 9.35. The normalized spacial score (nSPS) is 13.2. The smallest absolute Gasteiger partial charge is 0.255 e. The molecule has 0 radical (unpaired) electrons. The zero-order valence-corrected chi connectivity index (χ0v) is 16.7. The number of nitrogens with one attached hydrogen (secondary N) is 1. The molecule has 0 aliphatic carbocycles. The van der Waals surface area contributed by atoms with E-state index >= 15 is 0 Å². The molecule has 4 aromatic rings. The van der Waals surface area contributed by atoms with Crippen LogP contribution in [0.2, 0.25) is 0 Å². The topological polar surface area (TPSA) is 47.2 Å². The SMILES string of the molecule is Cc1ccc(-c2ccn(-c3ccc4c5c(oc4c3)CCNC5)c(=O)c2)c(F)c1.Cl. The third-order valence-electron chi connectivity index (χ3n) is 5.32. The number of pyridine rings is 1. The first-order valence-electron chi connectivity index (χ1n) is 9.35. The summed E-state index contributed by atoms with van der Waals surface area (Å²) in [5.74, 6) is 0.691. The van der Waals surface area contributed by atoms with Crippen LogP contribution in [-0.2, 0) is 13.0 Å². The van der Waals surface area contributed by atoms with Gasteiger partial charge in [-0.2, -0.15) is 0 Å². The summed E-state index contributed by atoms with van der Waals surface area (Å²) in [6, 6.07) is 14.1. The Morgan fingerprint density at radius 2 is 1.97 bits per heavy atom. The highest BCUT2D eigenvalue weighted by atomic mass is 35.5. The summed E-state index contributed by atoms with van der Waals surface area (Å²) in [6.07, 6.45) is 2.55. The number of benzene rings is 2. The number of hydrogen-bond donors (Lipinski definition) is 1. The second-order valence-electron chi connectivity index (χ2n) is 7.22. The van der Waals surface area contributed by atoms with E-state index in [0.717, 1.165) is 47.5 Å². The van der Waals surface area contributed by atoms with Gasteiger partial charge >= 0.3 is 0 Å². The van der Waals surface area contributed by atoms with Gasteiger partial charge in [-0.05, 0) is 42.3 Å². The molecule has 29 heavy (non-hydrogen) atoms. The largest absolute Gasteiger partial charge is 0.461 e. The first-order chi connectivity index (χ1) is 13.6. The summed E-state index contributed by atoms with van der Waals surface area (Å²) in [7, 11) is 0. The molecule has 2 aromatic carbocycles. The molecular formula is C23H20ClFN2O2. The molecule has 148 valence electrons. The van der Waals surface area contributed by atoms with Crippen molar-refractivity contribution >= 4 is 23.4 Å². The van der Waals surface area contributed by atoms with Gasteiger partial charge in [0.1, 0.15) is 17.2 Å². The highest BCUT2D eigenvalue weighted by molar-refractivity contribution is 5.85. The molecule has 0 bridgehead atoms. The third-order valence-corrected chi connectivity index (χ3v) is 5.32. The van der Waals surface area contributed by atoms with Gasteiger partial charge in [0.05, 0.1) is 5.69 Å². The molecule has 1 N–H and O–H groups in total. The minimum Gasteiger partial charge on any atom is -0.461 e. The van der Waals surface area contributed by atoms with Crippen molar-refractivity contribution in [3.05, 3.63) is 87.8 Å². The molecule has 4 nitrogen and oxygen atoms in total. The van der Waals surface area contributed by atoms with Crippen LogP contribution in [0, 0.1) is 12.7 Å². The lowest BCUT2D eigenvalue weighted by Crippen LogP contribution is -2.22. The summed E-state index contributed by atoms with van der Waals surface area (Å²) in [4.78, 5) is 12.7. The number of halogens is 2. The number of fused-ring (bicyclic) bond motifs is 3. The predicted octanol–water partition coefficient (Wildman–Crippen LogP) is 4.77. The average Bonchev–Trinajstić information content (AvgIpc) is 3.05. The zero-order chi connectivity index (χ0) is 19.3. The molecule has 0 saturated heterocycles. The van der Waals surface area contributed by atoms with Crippen molar-refractivity contribution in [1.82, 2.24) is 9.88 Å². The lowest BCUT2D eigenvalue weighted by Gasteiger charge is -2.10. The van der Waals surface area contributed by atoms with Gasteiger partial charge in [-0.15, -0.1) is 12.4 Å². The van der Waals surface area contributed by atoms with Crippen molar-refractivity contribution in [3.63, 3.8) is 0 Å². The molecule has 0 amide bonds. The average molecular weight is 411 g/mol. The first kappa shape index (κ1) is 19.4. The molecule has 5 rings (SSSR count). The summed E-state index contributed by atoms with van der Waals surface area (Å²) in [5, 5.41) is 4.44. The molecule has 0 saturated carbocycles. The maximum Gasteiger partial charge on any atom is 0.255 e. The standard InChI is InChI=1S/C23H19FN2O2.ClH/c1-14-2-4-17(20(24)10-14)15-7-9-26(23(27)11-15)16-3-5-18-19-13-25-8-6-21(19)28-22(18)12-16;/h2-5,7,9-12,25H,6,8,13H2,1H3;1H. The number of furan rings is 1. The molecule has 0 spiro atoms. The van der Waals surface area contributed by atoms with Gasteiger partial charge in [0, 0.05) is 54.4 Å². The van der Waals surface area contributed by atoms with Crippen molar-refractivity contribution in [2.45, 2.75) is 19.9 Å². The van der Waals surface area contributed by atoms with Crippen LogP contribution < -0.4 is 10.9 Å². The fourth-order valence-electron chi connectivity index (χ4n) is 3.86. The minimum atomic E-state index is -0.326. The van der Waals surface area contributed by atoms with Crippen LogP contribution in [0.25, 0.3) is 27.8 Å². The van der Waals surface area contributed by atoms with Crippen LogP contribution in [-0.4, -0.2) is 11.1 Å². The number of aryl methyl sites for hydroxylation is 1. The van der Waals surface area contributed by atoms with Crippen LogP contribution in [0.15, 0.2) is 63.9 Å². The second-order valence-corrected chi connectivity index (χ2v) is 7.22. The van der Waals surface area contributed by atoms with Crippen LogP contribution >= 0.6 is 12.4 Å². The van der Waals surface area contributed by atoms with E-state index in [1.807, 2.05) is 31.2 Å². The Morgan fingerprint density at radius 3 is 2.76 bits per heavy atom. The van der Waals surface area contributed by atoms with Crippen LogP contribution in [0.1, 0.15) is 16.9 Å². The summed E-state index contributed by atoms with van der Waals surface area (Å²) < 4.78 is 21.8. The molecule has 0 unspecified atom stereocenters. The number of nitrogens with zero attached hydrogens (tertiary/aromatic N) is 1. The lowest BCUT2D eigenvalue weighted by molar-refractivity contribution is 0.500. The van der Waals surface area contributed by atoms with Gasteiger partial charge in [-0.25, -0.2) is 4.39 Å². The highest BCUT2D eigenvalue weighted by Gasteiger charge is 2.18. The van der Waals surface area contributed by atoms with Crippen molar-refractivity contribution in [2.75, 3.05) is 6.54 Å². The Bertz CT molecular complexity index is 1280. The summed E-state index contributed by atoms with van der Waals surface area (Å²) in [5.41, 5.74) is 4.34. The van der Waals surface area contributed by atoms with E-state index in [4.69, 9.17) is 4.42 Å². The Hall–Kier alpha value is -2.89. The lowest BCUT2D eigenvalue weighted by atomic mass is 10.0. The van der Waals surface area contributed by atoms with E-state index < -0.39 is 0 Å². The monoisotopic (exact) mass is 410 g/mol. The van der Waals surface area contributed by atoms with Crippen LogP contribution in [0.3, 0.4) is 0 Å². The summed E-state index contributed by atoms with van der Waals surface area (Å²) >= 11 is 0. The zero-order valence-electron chi connectivity index (χ0n) is 15.9. The Labute approximate surface area is 173 Å². The van der Waals surface area contributed by atoms with Gasteiger partial charge < -0.3 is 9.73 Å². The Balaban J connectivity index is 0.00000205. The van der Waals surface area contributed by atoms with Crippen molar-refractivity contribution in [1.29, 1.82) is 0 Å². The fraction of sp³-hybridized carbons (Fsp3) is 0.174. The van der Waals surface area contributed by atoms with Gasteiger partial charge in [0.2, 0.25) is 0 Å². The van der Waals surface area contributed by atoms with E-state index in [1.54, 1.807) is 22.9 Å². The molecule has 6 heteroatoms. The molecule has 0 atom stereocenters. The molecular weight excluding hydrogens is 391 g/mol. The van der Waals surface area contributed by atoms with E-state index in [9.17, 15) is 9.18 Å². The molecule has 1 aliphatic heterocycles. The minimum absolute atomic E-state index is 0. The molecule has 1 aliphatic rings. The van der Waals surface area contributed by atoms with E-state index in [0.29, 0.717) is 11.1 Å². The molecule has 3 heterocycles. The van der Waals surface area contributed by atoms with Gasteiger partial charge in [0.25, 0.3) is 5.56 Å². The van der Waals surface area contributed by atoms with E-state index in [1.165, 1.54) is 17.7 Å². The Morgan fingerprint density at radius 1 is 1.10 bits per heavy atom. The van der Waals surface area contributed by atoms with Crippen molar-refractivity contribution in [2.24, 2.45) is 0 Å². The van der Waals surface area contributed by atoms with E-state index in [2.05, 4.69) is 5.32 Å². The second kappa shape index (κ2) is 7.50. The third kappa shape index (κ3) is 3.37. The van der Waals surface area contributed by atoms with Crippen molar-refractivity contribution < 1.29 is 8.81 Å². The fourth-order valence-corrected chi connectivity index (χ4v) is 3.86.